The van der Waals surface area contributed by atoms with Crippen LogP contribution in [0.1, 0.15) is 13.8 Å². The number of hydrogen-bond donors (Lipinski definition) is 1. The topological polar surface area (TPSA) is 93.8 Å². The molecule has 0 fully saturated rings. The Labute approximate surface area is 79.8 Å². The molecule has 0 saturated carbocycles. The third kappa shape index (κ3) is 6.08. The number of rotatable bonds is 7. The molecule has 13 heavy (non-hydrogen) atoms. The van der Waals surface area contributed by atoms with Gasteiger partial charge in [-0.2, -0.15) is 0 Å². The van der Waals surface area contributed by atoms with Gasteiger partial charge in [0, 0.05) is 13.2 Å². The Hall–Kier alpha value is -0.0500. The highest BCUT2D eigenvalue weighted by Gasteiger charge is 2.26. The van der Waals surface area contributed by atoms with Crippen molar-refractivity contribution in [1.29, 1.82) is 0 Å². The number of nitrogens with two attached hydrogens (primary N) is 1. The minimum absolute atomic E-state index is 0.311. The van der Waals surface area contributed by atoms with Gasteiger partial charge in [0.2, 0.25) is 0 Å². The molecular weight excluding hydrogens is 198 g/mol. The minimum atomic E-state index is -2.61. The third-order valence-corrected chi connectivity index (χ3v) is 1.44. The predicted molar refractivity (Wildman–Crippen MR) is 45.0 cm³/mol. The van der Waals surface area contributed by atoms with E-state index in [4.69, 9.17) is 15.2 Å². The number of ether oxygens (including phenoxy) is 2. The first-order valence-corrected chi connectivity index (χ1v) is 4.83. The summed E-state index contributed by atoms with van der Waals surface area (Å²) in [6, 6.07) is 0. The van der Waals surface area contributed by atoms with Gasteiger partial charge < -0.3 is 14.0 Å². The van der Waals surface area contributed by atoms with Crippen LogP contribution in [-0.4, -0.2) is 34.5 Å². The molecule has 0 radical (unpaired) electrons. The highest BCUT2D eigenvalue weighted by atomic mass is 32.2. The van der Waals surface area contributed by atoms with Crippen LogP contribution in [0.4, 0.5) is 0 Å². The van der Waals surface area contributed by atoms with Gasteiger partial charge in [-0.1, -0.05) is 0 Å². The van der Waals surface area contributed by atoms with Gasteiger partial charge in [-0.05, 0) is 13.8 Å². The second-order valence-corrected chi connectivity index (χ2v) is 2.79. The van der Waals surface area contributed by atoms with E-state index in [-0.39, 0.29) is 6.61 Å². The lowest BCUT2D eigenvalue weighted by Gasteiger charge is -2.28. The van der Waals surface area contributed by atoms with E-state index in [1.165, 1.54) is 0 Å². The molecule has 0 bridgehead atoms. The molecular formula is C6H14NO5S-. The Morgan fingerprint density at radius 1 is 1.38 bits per heavy atom. The SMILES string of the molecule is CCOC(N)(COS(=O)[O-])OCC. The van der Waals surface area contributed by atoms with Crippen LogP contribution in [0.3, 0.4) is 0 Å². The van der Waals surface area contributed by atoms with Crippen molar-refractivity contribution >= 4 is 11.4 Å². The molecule has 0 aliphatic carbocycles. The molecule has 1 atom stereocenters. The maximum absolute atomic E-state index is 10.1. The third-order valence-electron chi connectivity index (χ3n) is 1.13. The smallest absolute Gasteiger partial charge is 0.250 e. The molecule has 0 spiro atoms. The summed E-state index contributed by atoms with van der Waals surface area (Å²) in [6.45, 7) is 3.70. The van der Waals surface area contributed by atoms with Crippen LogP contribution in [0, 0.1) is 0 Å². The summed E-state index contributed by atoms with van der Waals surface area (Å²) in [5, 5.41) is 0. The zero-order valence-electron chi connectivity index (χ0n) is 7.65. The van der Waals surface area contributed by atoms with Crippen molar-refractivity contribution in [2.75, 3.05) is 19.8 Å². The van der Waals surface area contributed by atoms with E-state index in [2.05, 4.69) is 4.18 Å². The van der Waals surface area contributed by atoms with Crippen molar-refractivity contribution < 1.29 is 22.4 Å². The summed E-state index contributed by atoms with van der Waals surface area (Å²) < 4.78 is 34.3. The van der Waals surface area contributed by atoms with Gasteiger partial charge in [0.15, 0.2) is 0 Å². The maximum atomic E-state index is 10.1. The van der Waals surface area contributed by atoms with E-state index in [0.29, 0.717) is 13.2 Å². The quantitative estimate of drug-likeness (QED) is 0.451. The molecule has 0 aromatic rings. The molecule has 0 amide bonds. The van der Waals surface area contributed by atoms with E-state index in [0.717, 1.165) is 0 Å². The summed E-state index contributed by atoms with van der Waals surface area (Å²) in [5.41, 5.74) is 5.52. The monoisotopic (exact) mass is 212 g/mol. The van der Waals surface area contributed by atoms with Gasteiger partial charge >= 0.3 is 0 Å². The molecule has 80 valence electrons. The van der Waals surface area contributed by atoms with Gasteiger partial charge in [-0.25, -0.2) is 4.21 Å². The fourth-order valence-corrected chi connectivity index (χ4v) is 1.00. The predicted octanol–water partition coefficient (Wildman–Crippen LogP) is -0.517. The average molecular weight is 212 g/mol. The van der Waals surface area contributed by atoms with Crippen molar-refractivity contribution in [1.82, 2.24) is 0 Å². The molecule has 0 rings (SSSR count). The summed E-state index contributed by atoms with van der Waals surface area (Å²) >= 11 is -2.61. The van der Waals surface area contributed by atoms with Gasteiger partial charge in [0.1, 0.15) is 6.61 Å². The summed E-state index contributed by atoms with van der Waals surface area (Å²) in [4.78, 5) is 0. The van der Waals surface area contributed by atoms with Gasteiger partial charge in [0.25, 0.3) is 5.91 Å². The van der Waals surface area contributed by atoms with Crippen molar-refractivity contribution in [2.24, 2.45) is 5.73 Å². The van der Waals surface area contributed by atoms with Gasteiger partial charge in [-0.15, -0.1) is 0 Å². The van der Waals surface area contributed by atoms with Crippen molar-refractivity contribution in [2.45, 2.75) is 19.8 Å². The number of hydrogen-bond acceptors (Lipinski definition) is 6. The lowest BCUT2D eigenvalue weighted by atomic mass is 10.5. The van der Waals surface area contributed by atoms with Crippen molar-refractivity contribution in [3.05, 3.63) is 0 Å². The Morgan fingerprint density at radius 3 is 2.15 bits per heavy atom. The Morgan fingerprint density at radius 2 is 1.85 bits per heavy atom. The average Bonchev–Trinajstić information content (AvgIpc) is 2.02. The van der Waals surface area contributed by atoms with Crippen LogP contribution >= 0.6 is 0 Å². The van der Waals surface area contributed by atoms with Gasteiger partial charge in [0.05, 0.1) is 11.4 Å². The molecule has 0 aliphatic heterocycles. The lowest BCUT2D eigenvalue weighted by Crippen LogP contribution is -2.50. The maximum Gasteiger partial charge on any atom is 0.250 e. The normalized spacial score (nSPS) is 14.5. The van der Waals surface area contributed by atoms with E-state index in [1.54, 1.807) is 13.8 Å². The molecule has 6 nitrogen and oxygen atoms in total. The van der Waals surface area contributed by atoms with E-state index < -0.39 is 17.3 Å². The van der Waals surface area contributed by atoms with Crippen LogP contribution in [0.15, 0.2) is 0 Å². The Bertz CT molecular complexity index is 159. The molecule has 0 aromatic heterocycles. The summed E-state index contributed by atoms with van der Waals surface area (Å²) in [7, 11) is 0. The molecule has 2 N–H and O–H groups in total. The standard InChI is InChI=1S/C6H15NO5S/c1-3-10-6(7,11-4-2)5-12-13(8)9/h3-5,7H2,1-2H3,(H,8,9)/p-1. The fourth-order valence-electron chi connectivity index (χ4n) is 0.744. The second kappa shape index (κ2) is 6.41. The molecule has 0 saturated heterocycles. The Balaban J connectivity index is 3.98. The van der Waals surface area contributed by atoms with Crippen LogP contribution in [-0.2, 0) is 25.0 Å². The van der Waals surface area contributed by atoms with Crippen molar-refractivity contribution in [3.8, 4) is 0 Å². The highest BCUT2D eigenvalue weighted by Crippen LogP contribution is 2.06. The van der Waals surface area contributed by atoms with Crippen LogP contribution < -0.4 is 5.73 Å². The molecule has 7 heteroatoms. The first kappa shape index (κ1) is 12.9. The molecule has 0 heterocycles. The largest absolute Gasteiger partial charge is 0.750 e. The molecule has 0 aromatic carbocycles. The van der Waals surface area contributed by atoms with Gasteiger partial charge in [-0.3, -0.25) is 9.92 Å². The van der Waals surface area contributed by atoms with E-state index in [9.17, 15) is 8.76 Å². The van der Waals surface area contributed by atoms with Crippen LogP contribution in [0.5, 0.6) is 0 Å². The first-order chi connectivity index (χ1) is 6.04. The minimum Gasteiger partial charge on any atom is -0.750 e. The zero-order chi connectivity index (χ0) is 10.3. The van der Waals surface area contributed by atoms with Crippen LogP contribution in [0.25, 0.3) is 0 Å². The second-order valence-electron chi connectivity index (χ2n) is 2.14. The Kier molecular flexibility index (Phi) is 6.39. The van der Waals surface area contributed by atoms with E-state index >= 15 is 0 Å². The first-order valence-electron chi connectivity index (χ1n) is 3.83. The highest BCUT2D eigenvalue weighted by molar-refractivity contribution is 7.74. The fraction of sp³-hybridized carbons (Fsp3) is 1.00. The summed E-state index contributed by atoms with van der Waals surface area (Å²) in [6.07, 6.45) is 0. The van der Waals surface area contributed by atoms with Crippen molar-refractivity contribution in [3.63, 3.8) is 0 Å². The molecule has 0 aliphatic rings. The zero-order valence-corrected chi connectivity index (χ0v) is 8.46. The van der Waals surface area contributed by atoms with Crippen LogP contribution in [0.2, 0.25) is 0 Å². The summed E-state index contributed by atoms with van der Waals surface area (Å²) in [5.74, 6) is -1.48. The molecule has 1 unspecified atom stereocenters. The lowest BCUT2D eigenvalue weighted by molar-refractivity contribution is -0.242. The van der Waals surface area contributed by atoms with E-state index in [1.807, 2.05) is 0 Å².